The molecule has 0 saturated heterocycles. The SMILES string of the molecule is CC[n+]1ccccc1/C=C/c1ccc(N=P(c2ccccc2)(c2ccccc2)c2ccccc2)cc1.[O-][Cl+3]([O-])([O-])[O-]. The average molecular weight is 585 g/mol. The molecule has 5 rings (SSSR count). The van der Waals surface area contributed by atoms with E-state index in [1.807, 2.05) is 0 Å². The van der Waals surface area contributed by atoms with Crippen LogP contribution in [0.15, 0.2) is 144 Å². The van der Waals surface area contributed by atoms with E-state index in [9.17, 15) is 0 Å². The highest BCUT2D eigenvalue weighted by Gasteiger charge is 2.27. The molecule has 0 aliphatic heterocycles. The van der Waals surface area contributed by atoms with Gasteiger partial charge in [0.05, 0.1) is 12.7 Å². The minimum absolute atomic E-state index is 0.947. The second-order valence-electron chi connectivity index (χ2n) is 8.96. The summed E-state index contributed by atoms with van der Waals surface area (Å²) < 4.78 is 41.8. The number of hydrogen-bond acceptors (Lipinski definition) is 5. The molecular weight excluding hydrogens is 555 g/mol. The first-order chi connectivity index (χ1) is 19.8. The van der Waals surface area contributed by atoms with Gasteiger partial charge < -0.3 is 0 Å². The topological polar surface area (TPSA) is 108 Å². The van der Waals surface area contributed by atoms with Gasteiger partial charge in [-0.05, 0) is 36.8 Å². The Bertz CT molecular complexity index is 1500. The first-order valence-corrected chi connectivity index (χ1v) is 15.9. The van der Waals surface area contributed by atoms with E-state index in [4.69, 9.17) is 23.4 Å². The molecule has 0 amide bonds. The monoisotopic (exact) mass is 584 g/mol. The van der Waals surface area contributed by atoms with Gasteiger partial charge in [0, 0.05) is 34.1 Å². The Kier molecular flexibility index (Phi) is 10.4. The van der Waals surface area contributed by atoms with Crippen LogP contribution in [0.4, 0.5) is 5.69 Å². The van der Waals surface area contributed by atoms with E-state index in [0.717, 1.165) is 17.8 Å². The summed E-state index contributed by atoms with van der Waals surface area (Å²) in [6.45, 7) is 3.11. The zero-order valence-corrected chi connectivity index (χ0v) is 24.1. The van der Waals surface area contributed by atoms with Crippen LogP contribution in [-0.4, -0.2) is 0 Å². The lowest BCUT2D eigenvalue weighted by Gasteiger charge is -2.27. The minimum Gasteiger partial charge on any atom is -0.254 e. The van der Waals surface area contributed by atoms with Gasteiger partial charge in [-0.15, -0.1) is 10.2 Å². The van der Waals surface area contributed by atoms with Crippen molar-refractivity contribution in [3.63, 3.8) is 0 Å². The highest BCUT2D eigenvalue weighted by molar-refractivity contribution is 7.87. The summed E-state index contributed by atoms with van der Waals surface area (Å²) in [7, 11) is -7.20. The molecule has 4 aromatic carbocycles. The quantitative estimate of drug-likeness (QED) is 0.216. The van der Waals surface area contributed by atoms with Crippen LogP contribution in [0, 0.1) is 10.2 Å². The Morgan fingerprint density at radius 1 is 0.610 bits per heavy atom. The third kappa shape index (κ3) is 8.32. The number of halogens is 1. The van der Waals surface area contributed by atoms with Gasteiger partial charge in [0.25, 0.3) is 0 Å². The van der Waals surface area contributed by atoms with Crippen molar-refractivity contribution in [2.75, 3.05) is 0 Å². The van der Waals surface area contributed by atoms with E-state index in [1.54, 1.807) is 0 Å². The summed E-state index contributed by atoms with van der Waals surface area (Å²) in [6, 6.07) is 47.1. The van der Waals surface area contributed by atoms with Crippen molar-refractivity contribution < 1.29 is 33.4 Å². The van der Waals surface area contributed by atoms with Gasteiger partial charge in [-0.2, -0.15) is 4.57 Å². The van der Waals surface area contributed by atoms with Crippen molar-refractivity contribution in [1.82, 2.24) is 0 Å². The Morgan fingerprint density at radius 3 is 1.49 bits per heavy atom. The molecule has 0 saturated carbocycles. The molecular formula is C33H30ClN2O4P. The van der Waals surface area contributed by atoms with E-state index < -0.39 is 17.3 Å². The van der Waals surface area contributed by atoms with Crippen LogP contribution < -0.4 is 39.1 Å². The molecule has 41 heavy (non-hydrogen) atoms. The van der Waals surface area contributed by atoms with Gasteiger partial charge in [-0.1, -0.05) is 103 Å². The molecule has 1 heterocycles. The van der Waals surface area contributed by atoms with E-state index in [-0.39, 0.29) is 0 Å². The number of benzene rings is 4. The molecule has 0 N–H and O–H groups in total. The number of rotatable bonds is 7. The maximum atomic E-state index is 8.49. The number of aromatic nitrogens is 1. The van der Waals surface area contributed by atoms with Crippen molar-refractivity contribution in [3.05, 3.63) is 151 Å². The highest BCUT2D eigenvalue weighted by atomic mass is 35.7. The van der Waals surface area contributed by atoms with Gasteiger partial charge in [0.15, 0.2) is 6.20 Å². The van der Waals surface area contributed by atoms with Gasteiger partial charge in [0.2, 0.25) is 5.69 Å². The van der Waals surface area contributed by atoms with Crippen molar-refractivity contribution in [1.29, 1.82) is 0 Å². The molecule has 0 bridgehead atoms. The molecule has 5 aromatic rings. The Balaban J connectivity index is 0.000000714. The second-order valence-corrected chi connectivity index (χ2v) is 12.7. The highest BCUT2D eigenvalue weighted by Crippen LogP contribution is 2.49. The molecule has 0 aliphatic rings. The van der Waals surface area contributed by atoms with Gasteiger partial charge in [0.1, 0.15) is 6.54 Å². The van der Waals surface area contributed by atoms with Crippen LogP contribution in [0.3, 0.4) is 0 Å². The summed E-state index contributed by atoms with van der Waals surface area (Å²) in [6.07, 6.45) is 6.45. The molecule has 208 valence electrons. The molecule has 0 spiro atoms. The van der Waals surface area contributed by atoms with Crippen molar-refractivity contribution in [2.45, 2.75) is 13.5 Å². The molecule has 0 radical (unpaired) electrons. The molecule has 1 aromatic heterocycles. The van der Waals surface area contributed by atoms with Crippen molar-refractivity contribution in [3.8, 4) is 0 Å². The average Bonchev–Trinajstić information content (AvgIpc) is 3.00. The molecule has 8 heteroatoms. The fourth-order valence-electron chi connectivity index (χ4n) is 4.49. The molecule has 0 atom stereocenters. The Hall–Kier alpha value is -3.87. The van der Waals surface area contributed by atoms with Gasteiger partial charge in [-0.3, -0.25) is 4.74 Å². The third-order valence-electron chi connectivity index (χ3n) is 6.31. The first-order valence-electron chi connectivity index (χ1n) is 13.0. The van der Waals surface area contributed by atoms with E-state index in [0.29, 0.717) is 0 Å². The van der Waals surface area contributed by atoms with Crippen LogP contribution in [-0.2, 0) is 6.54 Å². The molecule has 0 aliphatic carbocycles. The smallest absolute Gasteiger partial charge is 0.205 e. The summed E-state index contributed by atoms with van der Waals surface area (Å²) in [5, 5.41) is 3.75. The van der Waals surface area contributed by atoms with E-state index >= 15 is 0 Å². The summed E-state index contributed by atoms with van der Waals surface area (Å²) >= 11 is 0. The second kappa shape index (κ2) is 14.2. The normalized spacial score (nSPS) is 11.5. The molecule has 6 nitrogen and oxygen atoms in total. The van der Waals surface area contributed by atoms with Crippen LogP contribution in [0.5, 0.6) is 0 Å². The molecule has 0 fully saturated rings. The number of aryl methyl sites for hydroxylation is 1. The fraction of sp³-hybridized carbons (Fsp3) is 0.0606. The number of nitrogens with zero attached hydrogens (tertiary/aromatic N) is 2. The van der Waals surface area contributed by atoms with Crippen LogP contribution >= 0.6 is 7.05 Å². The van der Waals surface area contributed by atoms with Crippen LogP contribution in [0.1, 0.15) is 18.2 Å². The predicted molar refractivity (Wildman–Crippen MR) is 155 cm³/mol. The predicted octanol–water partition coefficient (Wildman–Crippen LogP) is 2.22. The fourth-order valence-corrected chi connectivity index (χ4v) is 8.02. The minimum atomic E-state index is -4.94. The van der Waals surface area contributed by atoms with E-state index in [1.165, 1.54) is 21.6 Å². The third-order valence-corrected chi connectivity index (χ3v) is 9.98. The van der Waals surface area contributed by atoms with Crippen molar-refractivity contribution in [2.24, 2.45) is 4.74 Å². The van der Waals surface area contributed by atoms with Crippen molar-refractivity contribution >= 4 is 40.8 Å². The maximum absolute atomic E-state index is 8.49. The number of pyridine rings is 1. The van der Waals surface area contributed by atoms with Crippen LogP contribution in [0.2, 0.25) is 0 Å². The zero-order chi connectivity index (χ0) is 29.1. The summed E-state index contributed by atoms with van der Waals surface area (Å²) in [5.74, 6) is 0. The summed E-state index contributed by atoms with van der Waals surface area (Å²) in [5.41, 5.74) is 3.33. The first kappa shape index (κ1) is 30.1. The largest absolute Gasteiger partial charge is 0.254 e. The van der Waals surface area contributed by atoms with Crippen LogP contribution in [0.25, 0.3) is 12.2 Å². The number of hydrogen-bond donors (Lipinski definition) is 0. The lowest BCUT2D eigenvalue weighted by Crippen LogP contribution is -2.68. The van der Waals surface area contributed by atoms with Gasteiger partial charge >= 0.3 is 0 Å². The summed E-state index contributed by atoms with van der Waals surface area (Å²) in [4.78, 5) is 0. The Labute approximate surface area is 242 Å². The Morgan fingerprint density at radius 2 is 1.05 bits per heavy atom. The lowest BCUT2D eigenvalue weighted by atomic mass is 10.2. The van der Waals surface area contributed by atoms with Gasteiger partial charge in [-0.25, -0.2) is 18.6 Å². The maximum Gasteiger partial charge on any atom is 0.205 e. The standard InChI is InChI=1S/C33H30N2P.ClHO4/c1-2-35-27-13-12-14-30(35)26-23-28-21-24-29(25-22-28)34-36(31-15-6-3-7-16-31,32-17-8-4-9-18-32)33-19-10-5-11-20-33;2-1(3,4)5/h3-27H,2H2,1H3;(H,2,3,4,5)/q+1;/p-1/b26-23+;. The lowest BCUT2D eigenvalue weighted by molar-refractivity contribution is -2.00. The van der Waals surface area contributed by atoms with E-state index in [2.05, 4.69) is 163 Å². The zero-order valence-electron chi connectivity index (χ0n) is 22.5. The molecule has 0 unspecified atom stereocenters.